The number of carbonyl (C=O) groups excluding carboxylic acids is 1. The Morgan fingerprint density at radius 1 is 1.09 bits per heavy atom. The first kappa shape index (κ1) is 18.0. The summed E-state index contributed by atoms with van der Waals surface area (Å²) in [7, 11) is 1.43. The number of amides is 1. The second kappa shape index (κ2) is 6.30. The van der Waals surface area contributed by atoms with Gasteiger partial charge in [0.2, 0.25) is 0 Å². The van der Waals surface area contributed by atoms with Crippen LogP contribution in [-0.4, -0.2) is 41.5 Å². The summed E-state index contributed by atoms with van der Waals surface area (Å²) < 4.78 is 10.7. The van der Waals surface area contributed by atoms with Crippen LogP contribution in [0.3, 0.4) is 0 Å². The van der Waals surface area contributed by atoms with Crippen LogP contribution in [0.5, 0.6) is 0 Å². The molecule has 1 unspecified atom stereocenters. The molecule has 2 rings (SSSR count). The molecule has 0 aromatic rings. The molecule has 0 spiro atoms. The SMILES string of the molecule is COC(C(=O)O)C1(C2(NC(=O)OC(C)(C)C)CCCCC2)CC1. The first-order valence-corrected chi connectivity index (χ1v) is 8.43. The summed E-state index contributed by atoms with van der Waals surface area (Å²) in [5, 5.41) is 12.6. The van der Waals surface area contributed by atoms with Crippen LogP contribution in [0.15, 0.2) is 0 Å². The van der Waals surface area contributed by atoms with Crippen LogP contribution in [0.1, 0.15) is 65.7 Å². The van der Waals surface area contributed by atoms with E-state index in [1.807, 2.05) is 20.8 Å². The molecule has 0 aromatic heterocycles. The maximum absolute atomic E-state index is 12.4. The summed E-state index contributed by atoms with van der Waals surface area (Å²) in [6.45, 7) is 5.46. The molecule has 132 valence electrons. The van der Waals surface area contributed by atoms with Gasteiger partial charge in [0.05, 0.1) is 5.54 Å². The number of nitrogens with one attached hydrogen (secondary N) is 1. The first-order valence-electron chi connectivity index (χ1n) is 8.43. The number of carboxylic acid groups (broad SMARTS) is 1. The van der Waals surface area contributed by atoms with Crippen molar-refractivity contribution in [2.75, 3.05) is 7.11 Å². The fourth-order valence-corrected chi connectivity index (χ4v) is 4.09. The normalized spacial score (nSPS) is 23.7. The van der Waals surface area contributed by atoms with Crippen molar-refractivity contribution in [3.05, 3.63) is 0 Å². The highest BCUT2D eigenvalue weighted by molar-refractivity contribution is 5.75. The van der Waals surface area contributed by atoms with Crippen LogP contribution in [0, 0.1) is 5.41 Å². The smallest absolute Gasteiger partial charge is 0.408 e. The number of methoxy groups -OCH3 is 1. The molecule has 0 aromatic carbocycles. The molecule has 2 N–H and O–H groups in total. The van der Waals surface area contributed by atoms with Gasteiger partial charge >= 0.3 is 12.1 Å². The topological polar surface area (TPSA) is 84.9 Å². The van der Waals surface area contributed by atoms with Crippen molar-refractivity contribution in [2.45, 2.75) is 83.0 Å². The van der Waals surface area contributed by atoms with Crippen molar-refractivity contribution in [3.8, 4) is 0 Å². The van der Waals surface area contributed by atoms with Gasteiger partial charge in [-0.2, -0.15) is 0 Å². The van der Waals surface area contributed by atoms with E-state index in [9.17, 15) is 14.7 Å². The van der Waals surface area contributed by atoms with Gasteiger partial charge in [-0.25, -0.2) is 9.59 Å². The Kier molecular flexibility index (Phi) is 4.95. The lowest BCUT2D eigenvalue weighted by Gasteiger charge is -2.46. The van der Waals surface area contributed by atoms with Gasteiger partial charge in [-0.15, -0.1) is 0 Å². The molecule has 0 saturated heterocycles. The standard InChI is InChI=1S/C17H29NO5/c1-15(2,3)23-14(21)18-17(8-6-5-7-9-17)16(10-11-16)12(22-4)13(19)20/h12H,5-11H2,1-4H3,(H,18,21)(H,19,20). The average Bonchev–Trinajstić information content (AvgIpc) is 3.19. The molecule has 6 nitrogen and oxygen atoms in total. The zero-order chi connectivity index (χ0) is 17.3. The molecule has 1 amide bonds. The predicted molar refractivity (Wildman–Crippen MR) is 85.3 cm³/mol. The van der Waals surface area contributed by atoms with E-state index < -0.39 is 34.7 Å². The lowest BCUT2D eigenvalue weighted by molar-refractivity contribution is -0.157. The first-order chi connectivity index (χ1) is 10.7. The molecule has 2 aliphatic rings. The quantitative estimate of drug-likeness (QED) is 0.810. The third-order valence-corrected chi connectivity index (χ3v) is 5.15. The predicted octanol–water partition coefficient (Wildman–Crippen LogP) is 3.09. The second-order valence-corrected chi connectivity index (χ2v) is 7.88. The Labute approximate surface area is 137 Å². The van der Waals surface area contributed by atoms with E-state index >= 15 is 0 Å². The van der Waals surface area contributed by atoms with Gasteiger partial charge < -0.3 is 19.9 Å². The largest absolute Gasteiger partial charge is 0.479 e. The monoisotopic (exact) mass is 327 g/mol. The van der Waals surface area contributed by atoms with Gasteiger partial charge in [0.15, 0.2) is 6.10 Å². The van der Waals surface area contributed by atoms with Crippen molar-refractivity contribution < 1.29 is 24.2 Å². The van der Waals surface area contributed by atoms with E-state index in [0.717, 1.165) is 44.9 Å². The zero-order valence-electron chi connectivity index (χ0n) is 14.6. The van der Waals surface area contributed by atoms with Crippen LogP contribution in [0.4, 0.5) is 4.79 Å². The summed E-state index contributed by atoms with van der Waals surface area (Å²) >= 11 is 0. The minimum absolute atomic E-state index is 0.467. The molecule has 0 radical (unpaired) electrons. The number of alkyl carbamates (subject to hydrolysis) is 1. The molecule has 0 aliphatic heterocycles. The molecule has 6 heteroatoms. The number of hydrogen-bond donors (Lipinski definition) is 2. The number of carbonyl (C=O) groups is 2. The minimum Gasteiger partial charge on any atom is -0.479 e. The van der Waals surface area contributed by atoms with E-state index in [4.69, 9.17) is 9.47 Å². The highest BCUT2D eigenvalue weighted by Gasteiger charge is 2.66. The fraction of sp³-hybridized carbons (Fsp3) is 0.882. The van der Waals surface area contributed by atoms with Crippen LogP contribution in [0.2, 0.25) is 0 Å². The Morgan fingerprint density at radius 3 is 2.04 bits per heavy atom. The van der Waals surface area contributed by atoms with E-state index in [1.165, 1.54) is 7.11 Å². The summed E-state index contributed by atoms with van der Waals surface area (Å²) in [6, 6.07) is 0. The molecule has 23 heavy (non-hydrogen) atoms. The van der Waals surface area contributed by atoms with Crippen molar-refractivity contribution >= 4 is 12.1 Å². The highest BCUT2D eigenvalue weighted by Crippen LogP contribution is 2.61. The molecule has 2 aliphatic carbocycles. The Balaban J connectivity index is 2.26. The molecule has 1 atom stereocenters. The number of ether oxygens (including phenoxy) is 2. The second-order valence-electron chi connectivity index (χ2n) is 7.88. The number of hydrogen-bond acceptors (Lipinski definition) is 4. The van der Waals surface area contributed by atoms with E-state index in [-0.39, 0.29) is 0 Å². The van der Waals surface area contributed by atoms with Crippen LogP contribution in [-0.2, 0) is 14.3 Å². The van der Waals surface area contributed by atoms with Crippen LogP contribution < -0.4 is 5.32 Å². The van der Waals surface area contributed by atoms with Crippen molar-refractivity contribution in [1.29, 1.82) is 0 Å². The van der Waals surface area contributed by atoms with Gasteiger partial charge in [-0.05, 0) is 46.5 Å². The number of rotatable bonds is 5. The summed E-state index contributed by atoms with van der Waals surface area (Å²) in [6.07, 6.45) is 4.78. The third kappa shape index (κ3) is 3.62. The maximum Gasteiger partial charge on any atom is 0.408 e. The molecule has 2 fully saturated rings. The summed E-state index contributed by atoms with van der Waals surface area (Å²) in [5.74, 6) is -0.957. The highest BCUT2D eigenvalue weighted by atomic mass is 16.6. The minimum atomic E-state index is -0.957. The van der Waals surface area contributed by atoms with Gasteiger partial charge in [0, 0.05) is 12.5 Å². The van der Waals surface area contributed by atoms with E-state index in [1.54, 1.807) is 0 Å². The van der Waals surface area contributed by atoms with Gasteiger partial charge in [-0.1, -0.05) is 19.3 Å². The molecular weight excluding hydrogens is 298 g/mol. The molecular formula is C17H29NO5. The van der Waals surface area contributed by atoms with Crippen molar-refractivity contribution in [3.63, 3.8) is 0 Å². The van der Waals surface area contributed by atoms with Crippen LogP contribution >= 0.6 is 0 Å². The zero-order valence-corrected chi connectivity index (χ0v) is 14.6. The van der Waals surface area contributed by atoms with Gasteiger partial charge in [0.1, 0.15) is 5.60 Å². The van der Waals surface area contributed by atoms with E-state index in [2.05, 4.69) is 5.32 Å². The Morgan fingerprint density at radius 2 is 1.65 bits per heavy atom. The average molecular weight is 327 g/mol. The molecule has 0 heterocycles. The lowest BCUT2D eigenvalue weighted by Crippen LogP contribution is -2.61. The lowest BCUT2D eigenvalue weighted by atomic mass is 9.68. The number of aliphatic carboxylic acids is 1. The van der Waals surface area contributed by atoms with Gasteiger partial charge in [0.25, 0.3) is 0 Å². The summed E-state index contributed by atoms with van der Waals surface area (Å²) in [5.41, 5.74) is -1.65. The van der Waals surface area contributed by atoms with E-state index in [0.29, 0.717) is 0 Å². The fourth-order valence-electron chi connectivity index (χ4n) is 4.09. The van der Waals surface area contributed by atoms with Crippen molar-refractivity contribution in [2.24, 2.45) is 5.41 Å². The Hall–Kier alpha value is -1.30. The summed E-state index contributed by atoms with van der Waals surface area (Å²) in [4.78, 5) is 24.0. The molecule has 2 saturated carbocycles. The Bertz CT molecular complexity index is 458. The van der Waals surface area contributed by atoms with Crippen molar-refractivity contribution in [1.82, 2.24) is 5.32 Å². The molecule has 0 bridgehead atoms. The van der Waals surface area contributed by atoms with Crippen LogP contribution in [0.25, 0.3) is 0 Å². The number of carboxylic acids is 1. The maximum atomic E-state index is 12.4. The van der Waals surface area contributed by atoms with Gasteiger partial charge in [-0.3, -0.25) is 0 Å². The third-order valence-electron chi connectivity index (χ3n) is 5.15.